The van der Waals surface area contributed by atoms with Crippen LogP contribution in [-0.2, 0) is 22.6 Å². The van der Waals surface area contributed by atoms with Crippen LogP contribution in [0.15, 0.2) is 36.4 Å². The van der Waals surface area contributed by atoms with Crippen LogP contribution in [0, 0.1) is 5.82 Å². The summed E-state index contributed by atoms with van der Waals surface area (Å²) in [5, 5.41) is 3.84. The van der Waals surface area contributed by atoms with E-state index in [1.807, 2.05) is 20.8 Å². The minimum absolute atomic E-state index is 0.0743. The molecule has 2 amide bonds. The number of nitrogens with zero attached hydrogens (tertiary/aromatic N) is 1. The summed E-state index contributed by atoms with van der Waals surface area (Å²) in [6, 6.07) is 8.34. The lowest BCUT2D eigenvalue weighted by atomic mass is 10.1. The van der Waals surface area contributed by atoms with E-state index >= 15 is 0 Å². The molecular weight excluding hydrogens is 450 g/mol. The van der Waals surface area contributed by atoms with Gasteiger partial charge in [0, 0.05) is 33.2 Å². The van der Waals surface area contributed by atoms with Gasteiger partial charge < -0.3 is 10.2 Å². The SMILES string of the molecule is CC[C@@H](C(=O)NC(C)C)N(Cc1ccc(Cl)cc1Cl)C(=O)Cc1c(F)cccc1Cl. The molecule has 0 aliphatic heterocycles. The van der Waals surface area contributed by atoms with Gasteiger partial charge in [-0.05, 0) is 50.1 Å². The number of benzene rings is 2. The largest absolute Gasteiger partial charge is 0.352 e. The van der Waals surface area contributed by atoms with Gasteiger partial charge in [-0.3, -0.25) is 9.59 Å². The second-order valence-corrected chi connectivity index (χ2v) is 8.47. The van der Waals surface area contributed by atoms with Crippen molar-refractivity contribution in [1.82, 2.24) is 10.2 Å². The summed E-state index contributed by atoms with van der Waals surface area (Å²) in [5.41, 5.74) is 0.723. The van der Waals surface area contributed by atoms with E-state index in [1.54, 1.807) is 18.2 Å². The van der Waals surface area contributed by atoms with Gasteiger partial charge in [-0.25, -0.2) is 4.39 Å². The summed E-state index contributed by atoms with van der Waals surface area (Å²) in [7, 11) is 0. The van der Waals surface area contributed by atoms with Gasteiger partial charge in [-0.1, -0.05) is 53.9 Å². The van der Waals surface area contributed by atoms with Gasteiger partial charge in [-0.2, -0.15) is 0 Å². The number of carbonyl (C=O) groups excluding carboxylic acids is 2. The van der Waals surface area contributed by atoms with Crippen molar-refractivity contribution in [3.8, 4) is 0 Å². The molecule has 0 bridgehead atoms. The average molecular weight is 474 g/mol. The Morgan fingerprint density at radius 1 is 1.10 bits per heavy atom. The second kappa shape index (κ2) is 11.0. The van der Waals surface area contributed by atoms with E-state index in [2.05, 4.69) is 5.32 Å². The van der Waals surface area contributed by atoms with Crippen molar-refractivity contribution >= 4 is 46.6 Å². The minimum atomic E-state index is -0.753. The molecule has 1 N–H and O–H groups in total. The monoisotopic (exact) mass is 472 g/mol. The Labute approximate surface area is 191 Å². The zero-order chi connectivity index (χ0) is 22.4. The Morgan fingerprint density at radius 3 is 2.37 bits per heavy atom. The molecule has 0 aliphatic carbocycles. The van der Waals surface area contributed by atoms with Crippen molar-refractivity contribution < 1.29 is 14.0 Å². The summed E-state index contributed by atoms with van der Waals surface area (Å²) < 4.78 is 14.3. The molecule has 0 saturated carbocycles. The summed E-state index contributed by atoms with van der Waals surface area (Å²) in [5.74, 6) is -1.29. The fourth-order valence-electron chi connectivity index (χ4n) is 3.09. The maximum Gasteiger partial charge on any atom is 0.243 e. The van der Waals surface area contributed by atoms with Crippen LogP contribution in [0.1, 0.15) is 38.3 Å². The molecule has 4 nitrogen and oxygen atoms in total. The maximum atomic E-state index is 14.3. The molecule has 2 rings (SSSR count). The Balaban J connectivity index is 2.40. The van der Waals surface area contributed by atoms with Gasteiger partial charge in [-0.15, -0.1) is 0 Å². The summed E-state index contributed by atoms with van der Waals surface area (Å²) >= 11 is 18.4. The lowest BCUT2D eigenvalue weighted by Crippen LogP contribution is -2.50. The van der Waals surface area contributed by atoms with Gasteiger partial charge in [0.1, 0.15) is 11.9 Å². The normalized spacial score (nSPS) is 12.0. The van der Waals surface area contributed by atoms with Gasteiger partial charge in [0.2, 0.25) is 11.8 Å². The van der Waals surface area contributed by atoms with Crippen LogP contribution in [0.4, 0.5) is 4.39 Å². The molecule has 0 aliphatic rings. The Bertz CT molecular complexity index is 901. The fraction of sp³-hybridized carbons (Fsp3) is 0.364. The predicted octanol–water partition coefficient (Wildman–Crippen LogP) is 5.66. The number of amides is 2. The van der Waals surface area contributed by atoms with Crippen molar-refractivity contribution in [2.24, 2.45) is 0 Å². The molecule has 0 aromatic heterocycles. The number of rotatable bonds is 8. The summed E-state index contributed by atoms with van der Waals surface area (Å²) in [6.07, 6.45) is 0.0999. The number of carbonyl (C=O) groups is 2. The Kier molecular flexibility index (Phi) is 8.95. The maximum absolute atomic E-state index is 14.3. The Morgan fingerprint density at radius 2 is 1.80 bits per heavy atom. The number of halogens is 4. The molecular formula is C22H24Cl3FN2O2. The molecule has 2 aromatic carbocycles. The van der Waals surface area contributed by atoms with E-state index in [0.29, 0.717) is 22.0 Å². The minimum Gasteiger partial charge on any atom is -0.352 e. The van der Waals surface area contributed by atoms with Crippen molar-refractivity contribution in [1.29, 1.82) is 0 Å². The number of nitrogens with one attached hydrogen (secondary N) is 1. The first-order valence-corrected chi connectivity index (χ1v) is 10.7. The third-order valence-electron chi connectivity index (χ3n) is 4.56. The molecule has 0 spiro atoms. The molecule has 8 heteroatoms. The van der Waals surface area contributed by atoms with Crippen LogP contribution < -0.4 is 5.32 Å². The quantitative estimate of drug-likeness (QED) is 0.538. The van der Waals surface area contributed by atoms with Crippen molar-refractivity contribution in [2.45, 2.75) is 52.2 Å². The van der Waals surface area contributed by atoms with Crippen molar-refractivity contribution in [2.75, 3.05) is 0 Å². The third-order valence-corrected chi connectivity index (χ3v) is 5.50. The third kappa shape index (κ3) is 6.34. The van der Waals surface area contributed by atoms with Crippen LogP contribution in [0.3, 0.4) is 0 Å². The highest BCUT2D eigenvalue weighted by molar-refractivity contribution is 6.35. The van der Waals surface area contributed by atoms with Crippen LogP contribution in [-0.4, -0.2) is 28.8 Å². The highest BCUT2D eigenvalue weighted by Gasteiger charge is 2.30. The van der Waals surface area contributed by atoms with Crippen LogP contribution in [0.2, 0.25) is 15.1 Å². The first-order chi connectivity index (χ1) is 14.1. The molecule has 0 heterocycles. The van der Waals surface area contributed by atoms with E-state index in [9.17, 15) is 14.0 Å². The molecule has 2 aromatic rings. The Hall–Kier alpha value is -1.82. The molecule has 30 heavy (non-hydrogen) atoms. The van der Waals surface area contributed by atoms with Crippen molar-refractivity contribution in [3.05, 3.63) is 68.4 Å². The first kappa shape index (κ1) is 24.4. The molecule has 0 unspecified atom stereocenters. The summed E-state index contributed by atoms with van der Waals surface area (Å²) in [4.78, 5) is 27.4. The lowest BCUT2D eigenvalue weighted by Gasteiger charge is -2.31. The molecule has 0 saturated heterocycles. The van der Waals surface area contributed by atoms with E-state index in [4.69, 9.17) is 34.8 Å². The van der Waals surface area contributed by atoms with Crippen LogP contribution in [0.5, 0.6) is 0 Å². The van der Waals surface area contributed by atoms with Gasteiger partial charge in [0.15, 0.2) is 0 Å². The van der Waals surface area contributed by atoms with E-state index in [-0.39, 0.29) is 35.5 Å². The molecule has 0 radical (unpaired) electrons. The van der Waals surface area contributed by atoms with Gasteiger partial charge in [0.25, 0.3) is 0 Å². The number of hydrogen-bond acceptors (Lipinski definition) is 2. The van der Waals surface area contributed by atoms with E-state index < -0.39 is 17.8 Å². The zero-order valence-corrected chi connectivity index (χ0v) is 19.3. The molecule has 0 fully saturated rings. The second-order valence-electron chi connectivity index (χ2n) is 7.22. The topological polar surface area (TPSA) is 49.4 Å². The fourth-order valence-corrected chi connectivity index (χ4v) is 3.79. The average Bonchev–Trinajstić information content (AvgIpc) is 2.65. The predicted molar refractivity (Wildman–Crippen MR) is 119 cm³/mol. The standard InChI is InChI=1S/C22H24Cl3FN2O2/c1-4-20(22(30)27-13(2)3)28(12-14-8-9-15(23)10-18(14)25)21(29)11-16-17(24)6-5-7-19(16)26/h5-10,13,20H,4,11-12H2,1-3H3,(H,27,30)/t20-/m0/s1. The van der Waals surface area contributed by atoms with E-state index in [0.717, 1.165) is 0 Å². The van der Waals surface area contributed by atoms with Crippen LogP contribution >= 0.6 is 34.8 Å². The van der Waals surface area contributed by atoms with Crippen molar-refractivity contribution in [3.63, 3.8) is 0 Å². The lowest BCUT2D eigenvalue weighted by molar-refractivity contribution is -0.141. The highest BCUT2D eigenvalue weighted by Crippen LogP contribution is 2.25. The number of hydrogen-bond donors (Lipinski definition) is 1. The molecule has 1 atom stereocenters. The van der Waals surface area contributed by atoms with Gasteiger partial charge >= 0.3 is 0 Å². The summed E-state index contributed by atoms with van der Waals surface area (Å²) in [6.45, 7) is 5.56. The van der Waals surface area contributed by atoms with E-state index in [1.165, 1.54) is 23.1 Å². The van der Waals surface area contributed by atoms with Crippen LogP contribution in [0.25, 0.3) is 0 Å². The molecule has 162 valence electrons. The zero-order valence-electron chi connectivity index (χ0n) is 17.0. The van der Waals surface area contributed by atoms with Gasteiger partial charge in [0.05, 0.1) is 6.42 Å². The smallest absolute Gasteiger partial charge is 0.243 e. The highest BCUT2D eigenvalue weighted by atomic mass is 35.5. The first-order valence-electron chi connectivity index (χ1n) is 9.60.